The number of thiocarbonyl (C=S) groups is 1. The Morgan fingerprint density at radius 1 is 1.38 bits per heavy atom. The van der Waals surface area contributed by atoms with Crippen molar-refractivity contribution in [2.75, 3.05) is 6.54 Å². The lowest BCUT2D eigenvalue weighted by Crippen LogP contribution is -2.31. The molecule has 0 saturated heterocycles. The first-order chi connectivity index (χ1) is 12.5. The van der Waals surface area contributed by atoms with E-state index in [4.69, 9.17) is 17.0 Å². The highest BCUT2D eigenvalue weighted by atomic mass is 79.9. The van der Waals surface area contributed by atoms with Crippen molar-refractivity contribution < 1.29 is 9.66 Å². The molecule has 7 nitrogen and oxygen atoms in total. The lowest BCUT2D eigenvalue weighted by atomic mass is 10.2. The normalized spacial score (nSPS) is 10.5. The van der Waals surface area contributed by atoms with Gasteiger partial charge in [0.15, 0.2) is 5.11 Å². The lowest BCUT2D eigenvalue weighted by molar-refractivity contribution is -0.384. The van der Waals surface area contributed by atoms with Crippen LogP contribution in [0.2, 0.25) is 0 Å². The fraction of sp³-hybridized carbons (Fsp3) is 0.176. The maximum atomic E-state index is 10.9. The minimum absolute atomic E-state index is 0.0322. The zero-order valence-corrected chi connectivity index (χ0v) is 16.3. The topological polar surface area (TPSA) is 88.8 Å². The van der Waals surface area contributed by atoms with Gasteiger partial charge in [-0.3, -0.25) is 15.5 Å². The van der Waals surface area contributed by atoms with E-state index in [9.17, 15) is 10.1 Å². The van der Waals surface area contributed by atoms with Gasteiger partial charge in [0.1, 0.15) is 12.4 Å². The zero-order valence-electron chi connectivity index (χ0n) is 13.9. The molecule has 2 aromatic rings. The first-order valence-corrected chi connectivity index (χ1v) is 8.92. The summed E-state index contributed by atoms with van der Waals surface area (Å²) in [5, 5.41) is 18.3. The number of halogens is 1. The second kappa shape index (κ2) is 9.83. The van der Waals surface area contributed by atoms with E-state index in [0.717, 1.165) is 10.0 Å². The predicted molar refractivity (Wildman–Crippen MR) is 109 cm³/mol. The van der Waals surface area contributed by atoms with Crippen LogP contribution in [0.25, 0.3) is 0 Å². The second-order valence-electron chi connectivity index (χ2n) is 5.13. The molecular formula is C17H17BrN4O3S. The van der Waals surface area contributed by atoms with Crippen molar-refractivity contribution in [3.8, 4) is 5.75 Å². The van der Waals surface area contributed by atoms with Gasteiger partial charge in [0.2, 0.25) is 0 Å². The van der Waals surface area contributed by atoms with E-state index < -0.39 is 4.92 Å². The maximum absolute atomic E-state index is 10.9. The summed E-state index contributed by atoms with van der Waals surface area (Å²) in [6.07, 6.45) is 1.59. The van der Waals surface area contributed by atoms with Crippen LogP contribution in [-0.2, 0) is 6.61 Å². The van der Waals surface area contributed by atoms with E-state index in [1.54, 1.807) is 24.4 Å². The van der Waals surface area contributed by atoms with Crippen molar-refractivity contribution in [2.45, 2.75) is 13.5 Å². The van der Waals surface area contributed by atoms with Crippen LogP contribution in [0.1, 0.15) is 18.1 Å². The van der Waals surface area contributed by atoms with Crippen molar-refractivity contribution in [3.63, 3.8) is 0 Å². The van der Waals surface area contributed by atoms with Crippen LogP contribution in [-0.4, -0.2) is 22.8 Å². The molecule has 0 heterocycles. The number of rotatable bonds is 7. The minimum Gasteiger partial charge on any atom is -0.488 e. The summed E-state index contributed by atoms with van der Waals surface area (Å²) in [7, 11) is 0. The summed E-state index contributed by atoms with van der Waals surface area (Å²) >= 11 is 8.46. The van der Waals surface area contributed by atoms with Gasteiger partial charge in [-0.25, -0.2) is 0 Å². The molecule has 2 N–H and O–H groups in total. The number of hydrogen-bond acceptors (Lipinski definition) is 5. The minimum atomic E-state index is -0.430. The number of hydrogen-bond donors (Lipinski definition) is 2. The third kappa shape index (κ3) is 6.08. The molecule has 0 aromatic heterocycles. The van der Waals surface area contributed by atoms with Crippen LogP contribution in [0, 0.1) is 10.1 Å². The van der Waals surface area contributed by atoms with Gasteiger partial charge in [-0.1, -0.05) is 28.1 Å². The highest BCUT2D eigenvalue weighted by Gasteiger charge is 2.08. The average molecular weight is 437 g/mol. The first-order valence-electron chi connectivity index (χ1n) is 7.72. The van der Waals surface area contributed by atoms with Gasteiger partial charge in [0.25, 0.3) is 5.69 Å². The van der Waals surface area contributed by atoms with Gasteiger partial charge in [0.05, 0.1) is 11.1 Å². The van der Waals surface area contributed by atoms with Gasteiger partial charge in [0, 0.05) is 28.7 Å². The maximum Gasteiger partial charge on any atom is 0.269 e. The predicted octanol–water partition coefficient (Wildman–Crippen LogP) is 3.75. The molecule has 0 bridgehead atoms. The highest BCUT2D eigenvalue weighted by molar-refractivity contribution is 9.10. The summed E-state index contributed by atoms with van der Waals surface area (Å²) in [6, 6.07) is 11.8. The molecule has 0 aliphatic heterocycles. The van der Waals surface area contributed by atoms with E-state index in [-0.39, 0.29) is 12.3 Å². The van der Waals surface area contributed by atoms with Gasteiger partial charge in [-0.15, -0.1) is 0 Å². The van der Waals surface area contributed by atoms with Gasteiger partial charge in [-0.05, 0) is 42.9 Å². The molecule has 0 saturated carbocycles. The van der Waals surface area contributed by atoms with Crippen molar-refractivity contribution in [1.29, 1.82) is 0 Å². The second-order valence-corrected chi connectivity index (χ2v) is 6.45. The van der Waals surface area contributed by atoms with Gasteiger partial charge >= 0.3 is 0 Å². The Morgan fingerprint density at radius 3 is 2.92 bits per heavy atom. The van der Waals surface area contributed by atoms with Crippen molar-refractivity contribution >= 4 is 45.2 Å². The molecule has 9 heteroatoms. The lowest BCUT2D eigenvalue weighted by Gasteiger charge is -2.10. The number of nitrogens with one attached hydrogen (secondary N) is 2. The smallest absolute Gasteiger partial charge is 0.269 e. The molecule has 0 amide bonds. The van der Waals surface area contributed by atoms with Crippen molar-refractivity contribution in [2.24, 2.45) is 5.10 Å². The molecule has 136 valence electrons. The number of hydrazone groups is 1. The largest absolute Gasteiger partial charge is 0.488 e. The molecule has 0 unspecified atom stereocenters. The summed E-state index contributed by atoms with van der Waals surface area (Å²) in [5.74, 6) is 0.597. The number of nitro groups is 1. The molecule has 0 aliphatic rings. The van der Waals surface area contributed by atoms with Crippen LogP contribution in [0.4, 0.5) is 5.69 Å². The summed E-state index contributed by atoms with van der Waals surface area (Å²) in [5.41, 5.74) is 4.19. The molecule has 0 aliphatic carbocycles. The average Bonchev–Trinajstić information content (AvgIpc) is 2.61. The molecule has 2 aromatic carbocycles. The Balaban J connectivity index is 2.09. The molecule has 0 spiro atoms. The molecule has 2 rings (SSSR count). The van der Waals surface area contributed by atoms with E-state index in [2.05, 4.69) is 31.8 Å². The number of nitrogens with zero attached hydrogens (tertiary/aromatic N) is 2. The molecule has 0 fully saturated rings. The quantitative estimate of drug-likeness (QED) is 0.297. The van der Waals surface area contributed by atoms with Crippen molar-refractivity contribution in [3.05, 3.63) is 68.2 Å². The van der Waals surface area contributed by atoms with Crippen LogP contribution in [0.5, 0.6) is 5.75 Å². The van der Waals surface area contributed by atoms with Crippen molar-refractivity contribution in [1.82, 2.24) is 10.7 Å². The first kappa shape index (κ1) is 19.8. The molecule has 26 heavy (non-hydrogen) atoms. The molecular weight excluding hydrogens is 420 g/mol. The fourth-order valence-corrected chi connectivity index (χ4v) is 2.61. The SMILES string of the molecule is CCNC(=S)NN=Cc1cc(Br)ccc1OCc1cccc([N+](=O)[O-])c1. The Bertz CT molecular complexity index is 829. The highest BCUT2D eigenvalue weighted by Crippen LogP contribution is 2.23. The Labute approximate surface area is 164 Å². The van der Waals surface area contributed by atoms with E-state index >= 15 is 0 Å². The number of non-ortho nitro benzene ring substituents is 1. The van der Waals surface area contributed by atoms with Crippen LogP contribution < -0.4 is 15.5 Å². The number of nitro benzene ring substituents is 1. The van der Waals surface area contributed by atoms with E-state index in [1.807, 2.05) is 19.1 Å². The fourth-order valence-electron chi connectivity index (χ4n) is 2.03. The Morgan fingerprint density at radius 2 is 2.19 bits per heavy atom. The third-order valence-electron chi connectivity index (χ3n) is 3.19. The standard InChI is InChI=1S/C17H17BrN4O3S/c1-2-19-17(26)21-20-10-13-9-14(18)6-7-16(13)25-11-12-4-3-5-15(8-12)22(23)24/h3-10H,2,11H2,1H3,(H2,19,21,26). The molecule has 0 atom stereocenters. The summed E-state index contributed by atoms with van der Waals surface area (Å²) < 4.78 is 6.68. The van der Waals surface area contributed by atoms with Crippen LogP contribution >= 0.6 is 28.1 Å². The number of ether oxygens (including phenoxy) is 1. The van der Waals surface area contributed by atoms with Gasteiger partial charge < -0.3 is 10.1 Å². The molecule has 0 radical (unpaired) electrons. The van der Waals surface area contributed by atoms with Crippen LogP contribution in [0.15, 0.2) is 52.0 Å². The van der Waals surface area contributed by atoms with Crippen LogP contribution in [0.3, 0.4) is 0 Å². The number of benzene rings is 2. The summed E-state index contributed by atoms with van der Waals surface area (Å²) in [4.78, 5) is 10.4. The van der Waals surface area contributed by atoms with Gasteiger partial charge in [-0.2, -0.15) is 5.10 Å². The third-order valence-corrected chi connectivity index (χ3v) is 3.92. The van der Waals surface area contributed by atoms with E-state index in [0.29, 0.717) is 23.0 Å². The Hall–Kier alpha value is -2.52. The zero-order chi connectivity index (χ0) is 18.9. The monoisotopic (exact) mass is 436 g/mol. The summed E-state index contributed by atoms with van der Waals surface area (Å²) in [6.45, 7) is 2.84. The van der Waals surface area contributed by atoms with E-state index in [1.165, 1.54) is 12.1 Å². The Kier molecular flexibility index (Phi) is 7.49.